The molecular weight excluding hydrogens is 435 g/mol. The number of nitrogens with zero attached hydrogens (tertiary/aromatic N) is 2. The molecule has 0 radical (unpaired) electrons. The summed E-state index contributed by atoms with van der Waals surface area (Å²) in [6.07, 6.45) is 2.36. The smallest absolute Gasteiger partial charge is 0.316 e. The van der Waals surface area contributed by atoms with Crippen LogP contribution < -0.4 is 15.8 Å². The van der Waals surface area contributed by atoms with Crippen LogP contribution in [0.3, 0.4) is 0 Å². The number of hydrogen-bond donors (Lipinski definition) is 2. The second-order valence-electron chi connectivity index (χ2n) is 8.22. The van der Waals surface area contributed by atoms with Gasteiger partial charge in [0.25, 0.3) is 5.91 Å². The van der Waals surface area contributed by atoms with Crippen molar-refractivity contribution in [3.63, 3.8) is 0 Å². The number of halogens is 2. The van der Waals surface area contributed by atoms with Gasteiger partial charge in [0.2, 0.25) is 0 Å². The number of nitrogens with one attached hydrogen (secondary N) is 1. The molecule has 0 bridgehead atoms. The van der Waals surface area contributed by atoms with Crippen molar-refractivity contribution >= 4 is 29.2 Å². The van der Waals surface area contributed by atoms with Crippen molar-refractivity contribution in [1.82, 2.24) is 9.80 Å². The van der Waals surface area contributed by atoms with Crippen molar-refractivity contribution in [3.05, 3.63) is 58.9 Å². The van der Waals surface area contributed by atoms with Crippen molar-refractivity contribution in [2.24, 2.45) is 5.73 Å². The van der Waals surface area contributed by atoms with E-state index >= 15 is 0 Å². The van der Waals surface area contributed by atoms with Gasteiger partial charge in [-0.3, -0.25) is 4.79 Å². The first-order chi connectivity index (χ1) is 15.2. The van der Waals surface area contributed by atoms with E-state index in [4.69, 9.17) is 22.1 Å². The minimum absolute atomic E-state index is 0.107. The average Bonchev–Trinajstić information content (AvgIpc) is 2.74. The lowest BCUT2D eigenvalue weighted by Crippen LogP contribution is -2.55. The molecule has 1 heterocycles. The van der Waals surface area contributed by atoms with Crippen LogP contribution in [-0.2, 0) is 11.2 Å². The summed E-state index contributed by atoms with van der Waals surface area (Å²) in [4.78, 5) is 27.9. The fourth-order valence-electron chi connectivity index (χ4n) is 4.03. The van der Waals surface area contributed by atoms with E-state index in [1.54, 1.807) is 17.0 Å². The van der Waals surface area contributed by atoms with Crippen LogP contribution in [-0.4, -0.2) is 61.1 Å². The Morgan fingerprint density at radius 2 is 1.84 bits per heavy atom. The van der Waals surface area contributed by atoms with Crippen molar-refractivity contribution < 1.29 is 18.7 Å². The molecule has 2 aromatic rings. The number of primary amides is 1. The minimum atomic E-state index is -0.749. The van der Waals surface area contributed by atoms with Crippen LogP contribution in [0.4, 0.5) is 14.9 Å². The van der Waals surface area contributed by atoms with Gasteiger partial charge in [0.1, 0.15) is 11.6 Å². The number of ether oxygens (including phenoxy) is 1. The molecule has 1 aliphatic rings. The van der Waals surface area contributed by atoms with E-state index in [1.165, 1.54) is 18.2 Å². The summed E-state index contributed by atoms with van der Waals surface area (Å²) < 4.78 is 18.9. The molecule has 32 heavy (non-hydrogen) atoms. The van der Waals surface area contributed by atoms with Crippen LogP contribution in [0.15, 0.2) is 42.5 Å². The largest absolute Gasteiger partial charge is 0.482 e. The van der Waals surface area contributed by atoms with Gasteiger partial charge in [-0.15, -0.1) is 0 Å². The number of benzene rings is 2. The third kappa shape index (κ3) is 5.89. The minimum Gasteiger partial charge on any atom is -0.482 e. The highest BCUT2D eigenvalue weighted by Gasteiger charge is 2.37. The van der Waals surface area contributed by atoms with Gasteiger partial charge in [-0.2, -0.15) is 0 Å². The highest BCUT2D eigenvalue weighted by atomic mass is 35.5. The van der Waals surface area contributed by atoms with Crippen molar-refractivity contribution in [1.29, 1.82) is 0 Å². The lowest BCUT2D eigenvalue weighted by atomic mass is 9.80. The van der Waals surface area contributed by atoms with Gasteiger partial charge in [0, 0.05) is 23.7 Å². The maximum atomic E-state index is 13.3. The number of carbonyl (C=O) groups excluding carboxylic acids is 2. The van der Waals surface area contributed by atoms with E-state index in [0.29, 0.717) is 29.5 Å². The molecule has 3 rings (SSSR count). The zero-order valence-corrected chi connectivity index (χ0v) is 19.0. The Labute approximate surface area is 192 Å². The fourth-order valence-corrected chi connectivity index (χ4v) is 4.20. The maximum Gasteiger partial charge on any atom is 0.316 e. The van der Waals surface area contributed by atoms with E-state index in [0.717, 1.165) is 24.8 Å². The number of urea groups is 1. The number of piperidine rings is 1. The van der Waals surface area contributed by atoms with Gasteiger partial charge in [0.05, 0.1) is 5.69 Å². The number of likely N-dealkylation sites (tertiary alicyclic amines) is 1. The number of anilines is 1. The van der Waals surface area contributed by atoms with E-state index in [9.17, 15) is 14.0 Å². The van der Waals surface area contributed by atoms with Gasteiger partial charge in [-0.05, 0) is 69.3 Å². The van der Waals surface area contributed by atoms with Crippen LogP contribution in [0.1, 0.15) is 18.4 Å². The summed E-state index contributed by atoms with van der Waals surface area (Å²) in [6.45, 7) is 1.02. The van der Waals surface area contributed by atoms with Gasteiger partial charge in [0.15, 0.2) is 6.61 Å². The number of amides is 3. The summed E-state index contributed by atoms with van der Waals surface area (Å²) in [6, 6.07) is 10.5. The van der Waals surface area contributed by atoms with Crippen LogP contribution in [0.5, 0.6) is 5.75 Å². The quantitative estimate of drug-likeness (QED) is 0.659. The number of likely N-dealkylation sites (N-methyl/N-ethyl adjacent to an activating group) is 1. The monoisotopic (exact) mass is 462 g/mol. The van der Waals surface area contributed by atoms with Crippen LogP contribution in [0.2, 0.25) is 5.02 Å². The highest BCUT2D eigenvalue weighted by Crippen LogP contribution is 2.32. The molecule has 0 unspecified atom stereocenters. The third-order valence-electron chi connectivity index (χ3n) is 5.99. The van der Waals surface area contributed by atoms with Crippen LogP contribution in [0, 0.1) is 5.82 Å². The molecular formula is C23H28ClFN4O3. The van der Waals surface area contributed by atoms with E-state index in [1.807, 2.05) is 26.2 Å². The number of carbonyl (C=O) groups is 2. The molecule has 7 nitrogen and oxygen atoms in total. The zero-order chi connectivity index (χ0) is 23.3. The van der Waals surface area contributed by atoms with Gasteiger partial charge in [-0.25, -0.2) is 9.18 Å². The van der Waals surface area contributed by atoms with Crippen molar-refractivity contribution in [2.45, 2.75) is 24.8 Å². The molecule has 0 aromatic heterocycles. The van der Waals surface area contributed by atoms with Crippen LogP contribution in [0.25, 0.3) is 0 Å². The molecule has 172 valence electrons. The van der Waals surface area contributed by atoms with Crippen LogP contribution >= 0.6 is 11.6 Å². The Balaban J connectivity index is 1.60. The Bertz CT molecular complexity index is 960. The SMILES string of the molecule is CN(C)C1(Cc2ccc(F)cc2)CCN(C(=O)COc2ccc(Cl)cc2NC(N)=O)CC1. The summed E-state index contributed by atoms with van der Waals surface area (Å²) in [7, 11) is 4.08. The lowest BCUT2D eigenvalue weighted by molar-refractivity contribution is -0.135. The normalized spacial score (nSPS) is 15.5. The Morgan fingerprint density at radius 3 is 2.44 bits per heavy atom. The summed E-state index contributed by atoms with van der Waals surface area (Å²) in [5.74, 6) is -0.0698. The average molecular weight is 463 g/mol. The lowest BCUT2D eigenvalue weighted by Gasteiger charge is -2.46. The van der Waals surface area contributed by atoms with Crippen molar-refractivity contribution in [3.8, 4) is 5.75 Å². The summed E-state index contributed by atoms with van der Waals surface area (Å²) >= 11 is 5.96. The number of nitrogens with two attached hydrogens (primary N) is 1. The van der Waals surface area contributed by atoms with Gasteiger partial charge in [-0.1, -0.05) is 23.7 Å². The molecule has 9 heteroatoms. The molecule has 0 saturated carbocycles. The first-order valence-electron chi connectivity index (χ1n) is 10.4. The second kappa shape index (κ2) is 10.2. The number of rotatable bonds is 7. The number of hydrogen-bond acceptors (Lipinski definition) is 4. The third-order valence-corrected chi connectivity index (χ3v) is 6.23. The van der Waals surface area contributed by atoms with Crippen molar-refractivity contribution in [2.75, 3.05) is 39.1 Å². The molecule has 1 fully saturated rings. The molecule has 2 aromatic carbocycles. The molecule has 1 aliphatic heterocycles. The Hall–Kier alpha value is -2.84. The molecule has 3 amide bonds. The maximum absolute atomic E-state index is 13.3. The Kier molecular flexibility index (Phi) is 7.58. The van der Waals surface area contributed by atoms with Gasteiger partial charge < -0.3 is 25.6 Å². The van der Waals surface area contributed by atoms with E-state index in [-0.39, 0.29) is 23.9 Å². The first-order valence-corrected chi connectivity index (χ1v) is 10.7. The molecule has 0 spiro atoms. The Morgan fingerprint density at radius 1 is 1.19 bits per heavy atom. The second-order valence-corrected chi connectivity index (χ2v) is 8.66. The summed E-state index contributed by atoms with van der Waals surface area (Å²) in [5, 5.41) is 2.85. The topological polar surface area (TPSA) is 87.9 Å². The van der Waals surface area contributed by atoms with E-state index in [2.05, 4.69) is 10.2 Å². The molecule has 3 N–H and O–H groups in total. The standard InChI is InChI=1S/C23H28ClFN4O3/c1-28(2)23(14-16-3-6-18(25)7-4-16)9-11-29(12-10-23)21(30)15-32-20-8-5-17(24)13-19(20)27-22(26)31/h3-8,13H,9-12,14-15H2,1-2H3,(H3,26,27,31). The van der Waals surface area contributed by atoms with Gasteiger partial charge >= 0.3 is 6.03 Å². The molecule has 1 saturated heterocycles. The highest BCUT2D eigenvalue weighted by molar-refractivity contribution is 6.31. The molecule has 0 aliphatic carbocycles. The predicted molar refractivity (Wildman–Crippen MR) is 122 cm³/mol. The molecule has 0 atom stereocenters. The fraction of sp³-hybridized carbons (Fsp3) is 0.391. The predicted octanol–water partition coefficient (Wildman–Crippen LogP) is 3.51. The summed E-state index contributed by atoms with van der Waals surface area (Å²) in [5.41, 5.74) is 6.45. The van der Waals surface area contributed by atoms with E-state index < -0.39 is 6.03 Å². The zero-order valence-electron chi connectivity index (χ0n) is 18.2. The first kappa shape index (κ1) is 23.8.